The lowest BCUT2D eigenvalue weighted by Gasteiger charge is -2.28. The standard InChI is InChI=1S/C11H24N2O2/c12-5-6-13(7-9-15-10-8-14)11-3-1-2-4-11/h11,14H,1-10,12H2. The fraction of sp³-hybridized carbons (Fsp3) is 1.00. The first-order valence-corrected chi connectivity index (χ1v) is 6.01. The van der Waals surface area contributed by atoms with Crippen molar-refractivity contribution in [3.63, 3.8) is 0 Å². The molecule has 0 unspecified atom stereocenters. The molecule has 1 rings (SSSR count). The number of ether oxygens (including phenoxy) is 1. The van der Waals surface area contributed by atoms with Crippen molar-refractivity contribution >= 4 is 0 Å². The van der Waals surface area contributed by atoms with Gasteiger partial charge in [0.25, 0.3) is 0 Å². The molecule has 0 aliphatic heterocycles. The van der Waals surface area contributed by atoms with Gasteiger partial charge in [0.1, 0.15) is 0 Å². The Morgan fingerprint density at radius 3 is 2.53 bits per heavy atom. The molecule has 0 aromatic heterocycles. The fourth-order valence-electron chi connectivity index (χ4n) is 2.26. The minimum absolute atomic E-state index is 0.111. The van der Waals surface area contributed by atoms with Crippen LogP contribution in [0.2, 0.25) is 0 Å². The Balaban J connectivity index is 2.17. The van der Waals surface area contributed by atoms with E-state index in [1.54, 1.807) is 0 Å². The van der Waals surface area contributed by atoms with E-state index in [0.717, 1.165) is 19.6 Å². The van der Waals surface area contributed by atoms with Crippen molar-refractivity contribution in [3.8, 4) is 0 Å². The molecule has 0 heterocycles. The van der Waals surface area contributed by atoms with E-state index >= 15 is 0 Å². The van der Waals surface area contributed by atoms with Crippen LogP contribution < -0.4 is 5.73 Å². The average molecular weight is 216 g/mol. The second kappa shape index (κ2) is 8.05. The van der Waals surface area contributed by atoms with Crippen LogP contribution >= 0.6 is 0 Å². The number of nitrogens with two attached hydrogens (primary N) is 1. The quantitative estimate of drug-likeness (QED) is 0.569. The molecule has 1 fully saturated rings. The molecule has 0 spiro atoms. The van der Waals surface area contributed by atoms with Gasteiger partial charge >= 0.3 is 0 Å². The number of hydrogen-bond acceptors (Lipinski definition) is 4. The molecular formula is C11H24N2O2. The first-order valence-electron chi connectivity index (χ1n) is 6.01. The molecule has 0 aromatic carbocycles. The van der Waals surface area contributed by atoms with Crippen LogP contribution in [0.3, 0.4) is 0 Å². The highest BCUT2D eigenvalue weighted by Gasteiger charge is 2.21. The van der Waals surface area contributed by atoms with Gasteiger partial charge in [-0.2, -0.15) is 0 Å². The van der Waals surface area contributed by atoms with Gasteiger partial charge in [0.15, 0.2) is 0 Å². The summed E-state index contributed by atoms with van der Waals surface area (Å²) < 4.78 is 5.29. The first kappa shape index (κ1) is 12.9. The summed E-state index contributed by atoms with van der Waals surface area (Å²) >= 11 is 0. The van der Waals surface area contributed by atoms with Gasteiger partial charge in [0, 0.05) is 25.7 Å². The van der Waals surface area contributed by atoms with Crippen molar-refractivity contribution in [3.05, 3.63) is 0 Å². The second-order valence-corrected chi connectivity index (χ2v) is 4.10. The van der Waals surface area contributed by atoms with Crippen LogP contribution in [0.25, 0.3) is 0 Å². The van der Waals surface area contributed by atoms with Gasteiger partial charge in [-0.05, 0) is 12.8 Å². The zero-order chi connectivity index (χ0) is 10.9. The average Bonchev–Trinajstić information content (AvgIpc) is 2.76. The monoisotopic (exact) mass is 216 g/mol. The third-order valence-corrected chi connectivity index (χ3v) is 3.02. The molecule has 4 nitrogen and oxygen atoms in total. The SMILES string of the molecule is NCCN(CCOCCO)C1CCCC1. The summed E-state index contributed by atoms with van der Waals surface area (Å²) in [6.07, 6.45) is 5.31. The third kappa shape index (κ3) is 4.93. The Labute approximate surface area is 92.4 Å². The number of rotatable bonds is 8. The molecule has 3 N–H and O–H groups in total. The summed E-state index contributed by atoms with van der Waals surface area (Å²) in [7, 11) is 0. The van der Waals surface area contributed by atoms with E-state index in [1.165, 1.54) is 25.7 Å². The lowest BCUT2D eigenvalue weighted by atomic mass is 10.2. The van der Waals surface area contributed by atoms with Gasteiger partial charge in [-0.3, -0.25) is 4.90 Å². The Hall–Kier alpha value is -0.160. The van der Waals surface area contributed by atoms with Crippen LogP contribution in [0.4, 0.5) is 0 Å². The van der Waals surface area contributed by atoms with Crippen LogP contribution in [0.5, 0.6) is 0 Å². The largest absolute Gasteiger partial charge is 0.394 e. The molecule has 1 aliphatic carbocycles. The molecule has 0 aromatic rings. The number of nitrogens with zero attached hydrogens (tertiary/aromatic N) is 1. The van der Waals surface area contributed by atoms with E-state index in [1.807, 2.05) is 0 Å². The Bertz CT molecular complexity index is 150. The van der Waals surface area contributed by atoms with Gasteiger partial charge in [-0.25, -0.2) is 0 Å². The van der Waals surface area contributed by atoms with Crippen LogP contribution in [0.1, 0.15) is 25.7 Å². The number of hydrogen-bond donors (Lipinski definition) is 2. The third-order valence-electron chi connectivity index (χ3n) is 3.02. The Morgan fingerprint density at radius 1 is 1.20 bits per heavy atom. The molecule has 0 saturated heterocycles. The van der Waals surface area contributed by atoms with Gasteiger partial charge in [0.2, 0.25) is 0 Å². The fourth-order valence-corrected chi connectivity index (χ4v) is 2.26. The highest BCUT2D eigenvalue weighted by molar-refractivity contribution is 4.77. The molecule has 0 amide bonds. The van der Waals surface area contributed by atoms with Crippen molar-refractivity contribution in [1.29, 1.82) is 0 Å². The molecule has 0 radical (unpaired) electrons. The normalized spacial score (nSPS) is 17.8. The van der Waals surface area contributed by atoms with Crippen LogP contribution in [0, 0.1) is 0 Å². The van der Waals surface area contributed by atoms with E-state index in [2.05, 4.69) is 4.90 Å². The summed E-state index contributed by atoms with van der Waals surface area (Å²) in [4.78, 5) is 2.43. The minimum Gasteiger partial charge on any atom is -0.394 e. The lowest BCUT2D eigenvalue weighted by Crippen LogP contribution is -2.39. The summed E-state index contributed by atoms with van der Waals surface area (Å²) in [6.45, 7) is 3.89. The molecular weight excluding hydrogens is 192 g/mol. The van der Waals surface area contributed by atoms with Crippen molar-refractivity contribution < 1.29 is 9.84 Å². The van der Waals surface area contributed by atoms with Crippen molar-refractivity contribution in [2.45, 2.75) is 31.7 Å². The second-order valence-electron chi connectivity index (χ2n) is 4.10. The van der Waals surface area contributed by atoms with E-state index < -0.39 is 0 Å². The van der Waals surface area contributed by atoms with E-state index in [4.69, 9.17) is 15.6 Å². The van der Waals surface area contributed by atoms with E-state index in [0.29, 0.717) is 19.3 Å². The summed E-state index contributed by atoms with van der Waals surface area (Å²) in [5, 5.41) is 8.59. The molecule has 0 bridgehead atoms. The Morgan fingerprint density at radius 2 is 1.93 bits per heavy atom. The van der Waals surface area contributed by atoms with Crippen molar-refractivity contribution in [1.82, 2.24) is 4.90 Å². The van der Waals surface area contributed by atoms with E-state index in [-0.39, 0.29) is 6.61 Å². The maximum atomic E-state index is 8.59. The zero-order valence-electron chi connectivity index (χ0n) is 9.53. The van der Waals surface area contributed by atoms with E-state index in [9.17, 15) is 0 Å². The topological polar surface area (TPSA) is 58.7 Å². The molecule has 15 heavy (non-hydrogen) atoms. The van der Waals surface area contributed by atoms with Gasteiger partial charge in [-0.1, -0.05) is 12.8 Å². The number of aliphatic hydroxyl groups excluding tert-OH is 1. The van der Waals surface area contributed by atoms with Gasteiger partial charge in [0.05, 0.1) is 19.8 Å². The predicted molar refractivity (Wildman–Crippen MR) is 60.8 cm³/mol. The zero-order valence-corrected chi connectivity index (χ0v) is 9.53. The predicted octanol–water partition coefficient (Wildman–Crippen LogP) is 0.199. The van der Waals surface area contributed by atoms with Crippen LogP contribution in [-0.2, 0) is 4.74 Å². The highest BCUT2D eigenvalue weighted by Crippen LogP contribution is 2.22. The maximum absolute atomic E-state index is 8.59. The van der Waals surface area contributed by atoms with Crippen molar-refractivity contribution in [2.75, 3.05) is 39.5 Å². The molecule has 1 saturated carbocycles. The first-order chi connectivity index (χ1) is 7.38. The maximum Gasteiger partial charge on any atom is 0.0698 e. The van der Waals surface area contributed by atoms with Crippen LogP contribution in [-0.4, -0.2) is 55.5 Å². The highest BCUT2D eigenvalue weighted by atomic mass is 16.5. The van der Waals surface area contributed by atoms with Crippen molar-refractivity contribution in [2.24, 2.45) is 5.73 Å². The molecule has 90 valence electrons. The van der Waals surface area contributed by atoms with Gasteiger partial charge in [-0.15, -0.1) is 0 Å². The minimum atomic E-state index is 0.111. The summed E-state index contributed by atoms with van der Waals surface area (Å²) in [5.74, 6) is 0. The number of aliphatic hydroxyl groups is 1. The molecule has 1 aliphatic rings. The summed E-state index contributed by atoms with van der Waals surface area (Å²) in [6, 6.07) is 0.714. The van der Waals surface area contributed by atoms with Crippen LogP contribution in [0.15, 0.2) is 0 Å². The molecule has 0 atom stereocenters. The Kier molecular flexibility index (Phi) is 6.92. The lowest BCUT2D eigenvalue weighted by molar-refractivity contribution is 0.0644. The molecule has 4 heteroatoms. The van der Waals surface area contributed by atoms with Gasteiger partial charge < -0.3 is 15.6 Å². The smallest absolute Gasteiger partial charge is 0.0698 e. The summed E-state index contributed by atoms with van der Waals surface area (Å²) in [5.41, 5.74) is 5.60.